The largest absolute Gasteiger partial charge is 0.496 e. The molecule has 1 aliphatic rings. The van der Waals surface area contributed by atoms with Crippen molar-refractivity contribution in [2.24, 2.45) is 0 Å². The van der Waals surface area contributed by atoms with Crippen molar-refractivity contribution < 1.29 is 9.94 Å². The lowest BCUT2D eigenvalue weighted by Crippen LogP contribution is -2.34. The minimum absolute atomic E-state index is 0.0277. The van der Waals surface area contributed by atoms with Gasteiger partial charge in [0.2, 0.25) is 5.95 Å². The molecule has 4 heterocycles. The monoisotopic (exact) mass is 502 g/mol. The van der Waals surface area contributed by atoms with Crippen molar-refractivity contribution in [3.63, 3.8) is 0 Å². The van der Waals surface area contributed by atoms with Crippen molar-refractivity contribution in [2.75, 3.05) is 32.5 Å². The van der Waals surface area contributed by atoms with E-state index in [2.05, 4.69) is 19.9 Å². The molecule has 11 nitrogen and oxygen atoms in total. The number of methoxy groups -OCH3 is 1. The van der Waals surface area contributed by atoms with Gasteiger partial charge in [0.05, 0.1) is 25.9 Å². The summed E-state index contributed by atoms with van der Waals surface area (Å²) in [6.07, 6.45) is 5.03. The molecule has 0 fully saturated rings. The fourth-order valence-corrected chi connectivity index (χ4v) is 4.74. The molecule has 188 valence electrons. The van der Waals surface area contributed by atoms with Gasteiger partial charge < -0.3 is 20.4 Å². The smallest absolute Gasteiger partial charge is 0.330 e. The molecule has 3 aromatic heterocycles. The van der Waals surface area contributed by atoms with Crippen LogP contribution in [-0.2, 0) is 24.4 Å². The van der Waals surface area contributed by atoms with E-state index in [1.807, 2.05) is 38.4 Å². The number of allylic oxidation sites excluding steroid dienone is 2. The number of anilines is 1. The molecule has 0 saturated heterocycles. The summed E-state index contributed by atoms with van der Waals surface area (Å²) in [5.41, 5.74) is 8.44. The van der Waals surface area contributed by atoms with Gasteiger partial charge in [0.15, 0.2) is 10.8 Å². The SMILES string of the molecule is COC1=C(C)CN(O)C(Cn2c(=O)n(CCNCCCn3cccc3)c3c(Cl)nc(N)nc32)=C1C. The highest BCUT2D eigenvalue weighted by Crippen LogP contribution is 2.29. The molecule has 0 amide bonds. The summed E-state index contributed by atoms with van der Waals surface area (Å²) in [4.78, 5) is 21.9. The van der Waals surface area contributed by atoms with Gasteiger partial charge >= 0.3 is 5.69 Å². The molecule has 0 saturated carbocycles. The molecule has 12 heteroatoms. The number of nitrogens with zero attached hydrogens (tertiary/aromatic N) is 6. The van der Waals surface area contributed by atoms with E-state index < -0.39 is 0 Å². The van der Waals surface area contributed by atoms with Crippen LogP contribution in [0.3, 0.4) is 0 Å². The van der Waals surface area contributed by atoms with Crippen molar-refractivity contribution in [2.45, 2.75) is 39.9 Å². The first-order valence-corrected chi connectivity index (χ1v) is 11.8. The standard InChI is InChI=1S/C23H31ClN8O3/c1-15-13-32(34)17(16(2)19(15)35-3)14-31-21-18(20(24)27-22(25)28-21)30(23(31)33)12-8-26-7-6-11-29-9-4-5-10-29/h4-5,9-10,26,34H,6-8,11-14H2,1-3H3,(H2,25,27,28). The molecule has 0 bridgehead atoms. The van der Waals surface area contributed by atoms with Crippen molar-refractivity contribution in [3.05, 3.63) is 62.8 Å². The number of fused-ring (bicyclic) bond motifs is 1. The van der Waals surface area contributed by atoms with Gasteiger partial charge in [-0.05, 0) is 44.5 Å². The number of hydrogen-bond donors (Lipinski definition) is 3. The Morgan fingerprint density at radius 1 is 1.17 bits per heavy atom. The van der Waals surface area contributed by atoms with Gasteiger partial charge in [0, 0.05) is 37.6 Å². The number of rotatable bonds is 10. The van der Waals surface area contributed by atoms with Gasteiger partial charge in [-0.2, -0.15) is 9.97 Å². The number of hydrogen-bond acceptors (Lipinski definition) is 8. The van der Waals surface area contributed by atoms with Crippen LogP contribution < -0.4 is 16.7 Å². The topological polar surface area (TPSA) is 128 Å². The Morgan fingerprint density at radius 2 is 1.91 bits per heavy atom. The normalized spacial score (nSPS) is 14.5. The molecule has 3 aromatic rings. The zero-order valence-electron chi connectivity index (χ0n) is 20.2. The van der Waals surface area contributed by atoms with Crippen LogP contribution in [0.15, 0.2) is 51.9 Å². The Balaban J connectivity index is 1.58. The van der Waals surface area contributed by atoms with E-state index in [0.29, 0.717) is 35.7 Å². The number of aromatic nitrogens is 5. The number of hydroxylamine groups is 2. The van der Waals surface area contributed by atoms with Crippen molar-refractivity contribution in [1.29, 1.82) is 0 Å². The van der Waals surface area contributed by atoms with E-state index >= 15 is 0 Å². The number of halogens is 1. The van der Waals surface area contributed by atoms with Crippen molar-refractivity contribution in [1.82, 2.24) is 34.0 Å². The zero-order chi connectivity index (χ0) is 25.1. The van der Waals surface area contributed by atoms with E-state index in [0.717, 1.165) is 35.7 Å². The lowest BCUT2D eigenvalue weighted by atomic mass is 10.0. The van der Waals surface area contributed by atoms with Crippen LogP contribution in [0.2, 0.25) is 5.15 Å². The highest BCUT2D eigenvalue weighted by Gasteiger charge is 2.26. The molecule has 4 rings (SSSR count). The maximum Gasteiger partial charge on any atom is 0.330 e. The van der Waals surface area contributed by atoms with Crippen LogP contribution in [0.4, 0.5) is 5.95 Å². The highest BCUT2D eigenvalue weighted by atomic mass is 35.5. The van der Waals surface area contributed by atoms with Crippen LogP contribution in [0, 0.1) is 0 Å². The van der Waals surface area contributed by atoms with Crippen LogP contribution in [0.25, 0.3) is 11.2 Å². The van der Waals surface area contributed by atoms with Crippen LogP contribution in [0.1, 0.15) is 20.3 Å². The number of aryl methyl sites for hydroxylation is 1. The molecule has 1 aliphatic heterocycles. The average Bonchev–Trinajstić information content (AvgIpc) is 3.40. The Kier molecular flexibility index (Phi) is 7.48. The van der Waals surface area contributed by atoms with E-state index in [-0.39, 0.29) is 29.9 Å². The second kappa shape index (κ2) is 10.5. The van der Waals surface area contributed by atoms with Crippen LogP contribution >= 0.6 is 11.6 Å². The summed E-state index contributed by atoms with van der Waals surface area (Å²) < 4.78 is 10.7. The Bertz CT molecular complexity index is 1320. The van der Waals surface area contributed by atoms with Gasteiger partial charge in [-0.3, -0.25) is 19.4 Å². The highest BCUT2D eigenvalue weighted by molar-refractivity contribution is 6.33. The quantitative estimate of drug-likeness (QED) is 0.284. The molecular weight excluding hydrogens is 472 g/mol. The zero-order valence-corrected chi connectivity index (χ0v) is 20.9. The van der Waals surface area contributed by atoms with E-state index in [9.17, 15) is 10.0 Å². The molecule has 0 aromatic carbocycles. The average molecular weight is 503 g/mol. The number of ether oxygens (including phenoxy) is 1. The van der Waals surface area contributed by atoms with E-state index in [4.69, 9.17) is 22.1 Å². The minimum atomic E-state index is -0.310. The summed E-state index contributed by atoms with van der Waals surface area (Å²) >= 11 is 6.41. The third-order valence-corrected chi connectivity index (χ3v) is 6.41. The fraction of sp³-hybridized carbons (Fsp3) is 0.435. The van der Waals surface area contributed by atoms with Gasteiger partial charge in [-0.25, -0.2) is 4.79 Å². The van der Waals surface area contributed by atoms with Crippen molar-refractivity contribution in [3.8, 4) is 0 Å². The Morgan fingerprint density at radius 3 is 2.63 bits per heavy atom. The molecule has 35 heavy (non-hydrogen) atoms. The lowest BCUT2D eigenvalue weighted by Gasteiger charge is -2.29. The molecular formula is C23H31ClN8O3. The van der Waals surface area contributed by atoms with Gasteiger partial charge in [0.1, 0.15) is 11.3 Å². The predicted molar refractivity (Wildman–Crippen MR) is 134 cm³/mol. The fourth-order valence-electron chi connectivity index (χ4n) is 4.47. The second-order valence-electron chi connectivity index (χ2n) is 8.53. The first-order valence-electron chi connectivity index (χ1n) is 11.5. The minimum Gasteiger partial charge on any atom is -0.496 e. The lowest BCUT2D eigenvalue weighted by molar-refractivity contribution is -0.0557. The van der Waals surface area contributed by atoms with Gasteiger partial charge in [-0.1, -0.05) is 11.6 Å². The third-order valence-electron chi connectivity index (χ3n) is 6.15. The van der Waals surface area contributed by atoms with E-state index in [1.54, 1.807) is 11.7 Å². The van der Waals surface area contributed by atoms with Crippen LogP contribution in [-0.4, -0.2) is 60.7 Å². The summed E-state index contributed by atoms with van der Waals surface area (Å²) in [6.45, 7) is 6.74. The second-order valence-corrected chi connectivity index (χ2v) is 8.89. The number of imidazole rings is 1. The molecule has 0 atom stereocenters. The maximum atomic E-state index is 13.5. The molecule has 4 N–H and O–H groups in total. The first-order chi connectivity index (χ1) is 16.8. The summed E-state index contributed by atoms with van der Waals surface area (Å²) in [5.74, 6) is 0.665. The number of nitrogens with two attached hydrogens (primary N) is 1. The van der Waals surface area contributed by atoms with Gasteiger partial charge in [-0.15, -0.1) is 0 Å². The predicted octanol–water partition coefficient (Wildman–Crippen LogP) is 2.21. The number of nitrogens with one attached hydrogen (secondary N) is 1. The van der Waals surface area contributed by atoms with E-state index in [1.165, 1.54) is 4.57 Å². The first kappa shape index (κ1) is 24.8. The number of nitrogen functional groups attached to an aromatic ring is 1. The molecule has 0 spiro atoms. The molecule has 0 unspecified atom stereocenters. The molecule has 0 radical (unpaired) electrons. The van der Waals surface area contributed by atoms with Crippen LogP contribution in [0.5, 0.6) is 0 Å². The summed E-state index contributed by atoms with van der Waals surface area (Å²) in [5, 5.41) is 15.2. The maximum absolute atomic E-state index is 13.5. The Labute approximate surface area is 208 Å². The van der Waals surface area contributed by atoms with Crippen molar-refractivity contribution >= 4 is 28.7 Å². The summed E-state index contributed by atoms with van der Waals surface area (Å²) in [7, 11) is 1.59. The molecule has 0 aliphatic carbocycles. The van der Waals surface area contributed by atoms with Gasteiger partial charge in [0.25, 0.3) is 0 Å². The Hall–Kier alpha value is -3.28. The summed E-state index contributed by atoms with van der Waals surface area (Å²) in [6, 6.07) is 4.01. The third kappa shape index (κ3) is 5.07.